The molecule has 0 aromatic carbocycles. The van der Waals surface area contributed by atoms with Crippen LogP contribution >= 0.6 is 0 Å². The van der Waals surface area contributed by atoms with Gasteiger partial charge in [0.2, 0.25) is 5.78 Å². The van der Waals surface area contributed by atoms with E-state index < -0.39 is 6.04 Å². The summed E-state index contributed by atoms with van der Waals surface area (Å²) in [6.07, 6.45) is 5.54. The van der Waals surface area contributed by atoms with Gasteiger partial charge >= 0.3 is 0 Å². The van der Waals surface area contributed by atoms with Crippen molar-refractivity contribution in [3.8, 4) is 12.3 Å². The summed E-state index contributed by atoms with van der Waals surface area (Å²) in [6, 6.07) is -0.468. The summed E-state index contributed by atoms with van der Waals surface area (Å²) >= 11 is 0. The largest absolute Gasteiger partial charge is 0.321 e. The molecule has 0 heterocycles. The first-order valence-corrected chi connectivity index (χ1v) is 3.34. The Morgan fingerprint density at radius 3 is 2.50 bits per heavy atom. The van der Waals surface area contributed by atoms with Crippen LogP contribution in [0.15, 0.2) is 0 Å². The number of nitrogens with two attached hydrogens (primary N) is 1. The zero-order valence-electron chi connectivity index (χ0n) is 6.42. The Hall–Kier alpha value is -0.810. The molecule has 0 aromatic rings. The molecule has 2 heteroatoms. The molecule has 0 saturated carbocycles. The fourth-order valence-corrected chi connectivity index (χ4v) is 0.722. The van der Waals surface area contributed by atoms with E-state index in [2.05, 4.69) is 0 Å². The van der Waals surface area contributed by atoms with Gasteiger partial charge in [-0.25, -0.2) is 0 Å². The number of ketones is 1. The number of hydrogen-bond acceptors (Lipinski definition) is 2. The van der Waals surface area contributed by atoms with Gasteiger partial charge in [-0.3, -0.25) is 4.79 Å². The predicted molar refractivity (Wildman–Crippen MR) is 41.3 cm³/mol. The number of terminal acetylenes is 1. The third kappa shape index (κ3) is 3.26. The molecule has 2 N–H and O–H groups in total. The topological polar surface area (TPSA) is 43.1 Å². The SMILES string of the molecule is C#CC(=O)C(N)CC(C)C. The average Bonchev–Trinajstić information content (AvgIpc) is 1.85. The first kappa shape index (κ1) is 9.19. The molecule has 1 unspecified atom stereocenters. The summed E-state index contributed by atoms with van der Waals surface area (Å²) in [7, 11) is 0. The molecule has 0 aliphatic carbocycles. The molecule has 56 valence electrons. The summed E-state index contributed by atoms with van der Waals surface area (Å²) < 4.78 is 0. The van der Waals surface area contributed by atoms with E-state index in [9.17, 15) is 4.79 Å². The standard InChI is InChI=1S/C8H13NO/c1-4-8(10)7(9)5-6(2)3/h1,6-7H,5,9H2,2-3H3. The van der Waals surface area contributed by atoms with Crippen LogP contribution in [-0.4, -0.2) is 11.8 Å². The molecule has 0 saturated heterocycles. The molecular formula is C8H13NO. The quantitative estimate of drug-likeness (QED) is 0.458. The second-order valence-corrected chi connectivity index (χ2v) is 2.74. The minimum atomic E-state index is -0.468. The van der Waals surface area contributed by atoms with E-state index in [4.69, 9.17) is 12.2 Å². The maximum Gasteiger partial charge on any atom is 0.221 e. The van der Waals surface area contributed by atoms with Gasteiger partial charge in [0.05, 0.1) is 6.04 Å². The zero-order valence-corrected chi connectivity index (χ0v) is 6.42. The van der Waals surface area contributed by atoms with Crippen LogP contribution in [-0.2, 0) is 4.79 Å². The van der Waals surface area contributed by atoms with Crippen LogP contribution < -0.4 is 5.73 Å². The Balaban J connectivity index is 3.76. The monoisotopic (exact) mass is 139 g/mol. The molecule has 0 rings (SSSR count). The Morgan fingerprint density at radius 2 is 2.20 bits per heavy atom. The molecule has 10 heavy (non-hydrogen) atoms. The summed E-state index contributed by atoms with van der Waals surface area (Å²) in [5.41, 5.74) is 5.44. The van der Waals surface area contributed by atoms with E-state index in [0.29, 0.717) is 12.3 Å². The Bertz CT molecular complexity index is 155. The van der Waals surface area contributed by atoms with E-state index in [-0.39, 0.29) is 5.78 Å². The molecule has 0 radical (unpaired) electrons. The summed E-state index contributed by atoms with van der Waals surface area (Å²) in [4.78, 5) is 10.7. The first-order chi connectivity index (χ1) is 4.57. The fraction of sp³-hybridized carbons (Fsp3) is 0.625. The Labute approximate surface area is 61.8 Å². The molecule has 0 bridgehead atoms. The molecule has 2 nitrogen and oxygen atoms in total. The van der Waals surface area contributed by atoms with Crippen LogP contribution in [0.3, 0.4) is 0 Å². The van der Waals surface area contributed by atoms with Crippen LogP contribution in [0, 0.1) is 18.3 Å². The number of Topliss-reactive ketones (excluding diaryl/α,β-unsaturated/α-hetero) is 1. The number of rotatable bonds is 3. The summed E-state index contributed by atoms with van der Waals surface area (Å²) in [6.45, 7) is 4.01. The van der Waals surface area contributed by atoms with E-state index in [1.54, 1.807) is 0 Å². The van der Waals surface area contributed by atoms with E-state index in [0.717, 1.165) is 0 Å². The average molecular weight is 139 g/mol. The fourth-order valence-electron chi connectivity index (χ4n) is 0.722. The number of carbonyl (C=O) groups is 1. The smallest absolute Gasteiger partial charge is 0.221 e. The van der Waals surface area contributed by atoms with E-state index >= 15 is 0 Å². The molecule has 0 fully saturated rings. The maximum atomic E-state index is 10.7. The minimum Gasteiger partial charge on any atom is -0.321 e. The van der Waals surface area contributed by atoms with Gasteiger partial charge < -0.3 is 5.73 Å². The lowest BCUT2D eigenvalue weighted by molar-refractivity contribution is -0.115. The van der Waals surface area contributed by atoms with Crippen LogP contribution in [0.25, 0.3) is 0 Å². The molecular weight excluding hydrogens is 126 g/mol. The highest BCUT2D eigenvalue weighted by molar-refractivity contribution is 5.98. The van der Waals surface area contributed by atoms with Gasteiger partial charge in [-0.2, -0.15) is 0 Å². The second-order valence-electron chi connectivity index (χ2n) is 2.74. The summed E-state index contributed by atoms with van der Waals surface area (Å²) in [5.74, 6) is 2.13. The van der Waals surface area contributed by atoms with E-state index in [1.165, 1.54) is 0 Å². The third-order valence-corrected chi connectivity index (χ3v) is 1.20. The molecule has 1 atom stereocenters. The molecule has 0 aromatic heterocycles. The van der Waals surface area contributed by atoms with Crippen molar-refractivity contribution in [1.82, 2.24) is 0 Å². The molecule has 0 aliphatic heterocycles. The molecule has 0 spiro atoms. The lowest BCUT2D eigenvalue weighted by atomic mass is 10.0. The van der Waals surface area contributed by atoms with Crippen LogP contribution in [0.5, 0.6) is 0 Å². The van der Waals surface area contributed by atoms with Crippen LogP contribution in [0.2, 0.25) is 0 Å². The number of carbonyl (C=O) groups excluding carboxylic acids is 1. The van der Waals surface area contributed by atoms with Crippen LogP contribution in [0.4, 0.5) is 0 Å². The van der Waals surface area contributed by atoms with Gasteiger partial charge in [0.1, 0.15) is 0 Å². The van der Waals surface area contributed by atoms with Crippen molar-refractivity contribution in [3.05, 3.63) is 0 Å². The highest BCUT2D eigenvalue weighted by Crippen LogP contribution is 2.02. The zero-order chi connectivity index (χ0) is 8.15. The second kappa shape index (κ2) is 4.08. The van der Waals surface area contributed by atoms with E-state index in [1.807, 2.05) is 19.8 Å². The minimum absolute atomic E-state index is 0.298. The van der Waals surface area contributed by atoms with Gasteiger partial charge in [-0.1, -0.05) is 13.8 Å². The lowest BCUT2D eigenvalue weighted by Gasteiger charge is -2.08. The van der Waals surface area contributed by atoms with Crippen molar-refractivity contribution in [1.29, 1.82) is 0 Å². The van der Waals surface area contributed by atoms with Crippen molar-refractivity contribution in [2.24, 2.45) is 11.7 Å². The molecule has 0 aliphatic rings. The first-order valence-electron chi connectivity index (χ1n) is 3.34. The highest BCUT2D eigenvalue weighted by atomic mass is 16.1. The van der Waals surface area contributed by atoms with Crippen molar-refractivity contribution < 1.29 is 4.79 Å². The maximum absolute atomic E-state index is 10.7. The van der Waals surface area contributed by atoms with Crippen molar-refractivity contribution >= 4 is 5.78 Å². The number of hydrogen-bond donors (Lipinski definition) is 1. The Kier molecular flexibility index (Phi) is 3.75. The molecule has 0 amide bonds. The predicted octanol–water partition coefficient (Wildman–Crippen LogP) is 0.562. The summed E-state index contributed by atoms with van der Waals surface area (Å²) in [5, 5.41) is 0. The third-order valence-electron chi connectivity index (χ3n) is 1.20. The van der Waals surface area contributed by atoms with Gasteiger partial charge in [-0.05, 0) is 18.3 Å². The van der Waals surface area contributed by atoms with Crippen molar-refractivity contribution in [2.45, 2.75) is 26.3 Å². The van der Waals surface area contributed by atoms with Gasteiger partial charge in [0.15, 0.2) is 0 Å². The van der Waals surface area contributed by atoms with Crippen LogP contribution in [0.1, 0.15) is 20.3 Å². The van der Waals surface area contributed by atoms with Gasteiger partial charge in [0, 0.05) is 0 Å². The van der Waals surface area contributed by atoms with Gasteiger partial charge in [0.25, 0.3) is 0 Å². The van der Waals surface area contributed by atoms with Crippen molar-refractivity contribution in [2.75, 3.05) is 0 Å². The van der Waals surface area contributed by atoms with Gasteiger partial charge in [-0.15, -0.1) is 6.42 Å². The normalized spacial score (nSPS) is 12.7. The lowest BCUT2D eigenvalue weighted by Crippen LogP contribution is -2.30. The van der Waals surface area contributed by atoms with Crippen molar-refractivity contribution in [3.63, 3.8) is 0 Å². The Morgan fingerprint density at radius 1 is 1.70 bits per heavy atom. The highest BCUT2D eigenvalue weighted by Gasteiger charge is 2.11.